The van der Waals surface area contributed by atoms with E-state index >= 15 is 0 Å². The van der Waals surface area contributed by atoms with Crippen LogP contribution in [0.25, 0.3) is 0 Å². The molecule has 1 fully saturated rings. The van der Waals surface area contributed by atoms with Crippen LogP contribution in [0.1, 0.15) is 39.0 Å². The Hall–Kier alpha value is -1.01. The van der Waals surface area contributed by atoms with Crippen LogP contribution in [0.5, 0.6) is 0 Å². The van der Waals surface area contributed by atoms with E-state index in [-0.39, 0.29) is 5.91 Å². The van der Waals surface area contributed by atoms with E-state index in [2.05, 4.69) is 18.2 Å². The summed E-state index contributed by atoms with van der Waals surface area (Å²) in [4.78, 5) is 11.6. The number of hydrogen-bond donors (Lipinski definition) is 2. The molecule has 1 rings (SSSR count). The summed E-state index contributed by atoms with van der Waals surface area (Å²) in [6.45, 7) is 2.25. The lowest BCUT2D eigenvalue weighted by molar-refractivity contribution is -0.123. The molecule has 0 aromatic carbocycles. The van der Waals surface area contributed by atoms with Crippen molar-refractivity contribution in [2.75, 3.05) is 0 Å². The fourth-order valence-electron chi connectivity index (χ4n) is 1.93. The lowest BCUT2D eigenvalue weighted by Gasteiger charge is -2.27. The van der Waals surface area contributed by atoms with Crippen LogP contribution in [0.15, 0.2) is 0 Å². The van der Waals surface area contributed by atoms with Gasteiger partial charge in [0.2, 0.25) is 5.91 Å². The topological polar surface area (TPSA) is 55.1 Å². The molecule has 0 aromatic heterocycles. The Kier molecular flexibility index (Phi) is 4.64. The van der Waals surface area contributed by atoms with Gasteiger partial charge in [-0.15, -0.1) is 12.3 Å². The van der Waals surface area contributed by atoms with E-state index in [9.17, 15) is 4.79 Å². The highest BCUT2D eigenvalue weighted by Gasteiger charge is 2.21. The molecule has 1 unspecified atom stereocenters. The van der Waals surface area contributed by atoms with Gasteiger partial charge in [0.15, 0.2) is 0 Å². The van der Waals surface area contributed by atoms with Crippen LogP contribution in [0, 0.1) is 18.3 Å². The van der Waals surface area contributed by atoms with Gasteiger partial charge in [0.05, 0.1) is 6.04 Å². The minimum Gasteiger partial charge on any atom is -0.352 e. The van der Waals surface area contributed by atoms with E-state index in [1.807, 2.05) is 0 Å². The number of rotatable bonds is 3. The van der Waals surface area contributed by atoms with Crippen molar-refractivity contribution in [1.82, 2.24) is 5.32 Å². The Labute approximate surface area is 91.8 Å². The molecule has 1 saturated carbocycles. The predicted molar refractivity (Wildman–Crippen MR) is 61.0 cm³/mol. The smallest absolute Gasteiger partial charge is 0.238 e. The number of terminal acetylenes is 1. The highest BCUT2D eigenvalue weighted by Crippen LogP contribution is 2.23. The molecule has 15 heavy (non-hydrogen) atoms. The Balaban J connectivity index is 2.29. The summed E-state index contributed by atoms with van der Waals surface area (Å²) in [7, 11) is 0. The van der Waals surface area contributed by atoms with E-state index in [0.29, 0.717) is 12.5 Å². The minimum atomic E-state index is -0.547. The Bertz CT molecular complexity index is 249. The average Bonchev–Trinajstić information content (AvgIpc) is 2.22. The van der Waals surface area contributed by atoms with Crippen molar-refractivity contribution in [2.45, 2.75) is 51.1 Å². The molecule has 84 valence electrons. The molecule has 1 atom stereocenters. The van der Waals surface area contributed by atoms with Crippen LogP contribution in [-0.4, -0.2) is 18.0 Å². The van der Waals surface area contributed by atoms with Crippen molar-refractivity contribution in [3.8, 4) is 12.3 Å². The zero-order valence-corrected chi connectivity index (χ0v) is 9.33. The first-order chi connectivity index (χ1) is 7.13. The maximum Gasteiger partial charge on any atom is 0.238 e. The molecule has 0 aliphatic heterocycles. The second-order valence-electron chi connectivity index (χ2n) is 4.48. The van der Waals surface area contributed by atoms with Crippen molar-refractivity contribution >= 4 is 5.91 Å². The molecule has 0 heterocycles. The molecule has 0 bridgehead atoms. The molecular formula is C12H20N2O. The van der Waals surface area contributed by atoms with Gasteiger partial charge >= 0.3 is 0 Å². The molecule has 3 heteroatoms. The first-order valence-electron chi connectivity index (χ1n) is 5.63. The average molecular weight is 208 g/mol. The Morgan fingerprint density at radius 3 is 2.67 bits per heavy atom. The molecular weight excluding hydrogens is 188 g/mol. The fourth-order valence-corrected chi connectivity index (χ4v) is 1.93. The summed E-state index contributed by atoms with van der Waals surface area (Å²) in [5, 5.41) is 2.96. The van der Waals surface area contributed by atoms with Crippen LogP contribution in [0.3, 0.4) is 0 Å². The third-order valence-corrected chi connectivity index (χ3v) is 3.04. The van der Waals surface area contributed by atoms with Gasteiger partial charge in [-0.2, -0.15) is 0 Å². The third kappa shape index (κ3) is 3.93. The van der Waals surface area contributed by atoms with Gasteiger partial charge in [0.1, 0.15) is 0 Å². The molecule has 1 aliphatic rings. The van der Waals surface area contributed by atoms with Gasteiger partial charge in [0.25, 0.3) is 0 Å². The van der Waals surface area contributed by atoms with Crippen LogP contribution in [0.4, 0.5) is 0 Å². The van der Waals surface area contributed by atoms with Crippen LogP contribution in [0.2, 0.25) is 0 Å². The number of amides is 1. The Morgan fingerprint density at radius 1 is 1.53 bits per heavy atom. The summed E-state index contributed by atoms with van der Waals surface area (Å²) in [5.74, 6) is 3.09. The summed E-state index contributed by atoms with van der Waals surface area (Å²) in [6, 6.07) is -0.244. The van der Waals surface area contributed by atoms with Crippen molar-refractivity contribution < 1.29 is 4.79 Å². The van der Waals surface area contributed by atoms with Gasteiger partial charge in [-0.1, -0.05) is 6.92 Å². The Morgan fingerprint density at radius 2 is 2.13 bits per heavy atom. The summed E-state index contributed by atoms with van der Waals surface area (Å²) >= 11 is 0. The quantitative estimate of drug-likeness (QED) is 0.681. The first-order valence-corrected chi connectivity index (χ1v) is 5.63. The lowest BCUT2D eigenvalue weighted by Crippen LogP contribution is -2.46. The molecule has 0 aromatic rings. The summed E-state index contributed by atoms with van der Waals surface area (Å²) in [5.41, 5.74) is 5.62. The molecule has 3 N–H and O–H groups in total. The third-order valence-electron chi connectivity index (χ3n) is 3.04. The minimum absolute atomic E-state index is 0.104. The molecule has 0 spiro atoms. The monoisotopic (exact) mass is 208 g/mol. The second-order valence-corrected chi connectivity index (χ2v) is 4.48. The summed E-state index contributed by atoms with van der Waals surface area (Å²) < 4.78 is 0. The van der Waals surface area contributed by atoms with Gasteiger partial charge in [-0.3, -0.25) is 4.79 Å². The number of carbonyl (C=O) groups excluding carboxylic acids is 1. The van der Waals surface area contributed by atoms with E-state index in [4.69, 9.17) is 12.2 Å². The van der Waals surface area contributed by atoms with E-state index in [1.54, 1.807) is 0 Å². The fraction of sp³-hybridized carbons (Fsp3) is 0.750. The van der Waals surface area contributed by atoms with Gasteiger partial charge < -0.3 is 11.1 Å². The zero-order chi connectivity index (χ0) is 11.3. The zero-order valence-electron chi connectivity index (χ0n) is 9.33. The van der Waals surface area contributed by atoms with E-state index in [1.165, 1.54) is 12.8 Å². The van der Waals surface area contributed by atoms with Crippen LogP contribution in [-0.2, 0) is 4.79 Å². The number of nitrogens with one attached hydrogen (secondary N) is 1. The SMILES string of the molecule is C#CCC(N)C(=O)NC1CCC(C)CC1. The number of nitrogens with two attached hydrogens (primary N) is 1. The lowest BCUT2D eigenvalue weighted by atomic mass is 9.87. The highest BCUT2D eigenvalue weighted by molar-refractivity contribution is 5.82. The maximum atomic E-state index is 11.6. The highest BCUT2D eigenvalue weighted by atomic mass is 16.2. The second kappa shape index (κ2) is 5.77. The van der Waals surface area contributed by atoms with Crippen LogP contribution < -0.4 is 11.1 Å². The molecule has 3 nitrogen and oxygen atoms in total. The van der Waals surface area contributed by atoms with Crippen molar-refractivity contribution in [3.63, 3.8) is 0 Å². The summed E-state index contributed by atoms with van der Waals surface area (Å²) in [6.07, 6.45) is 9.93. The van der Waals surface area contributed by atoms with Gasteiger partial charge in [-0.05, 0) is 31.6 Å². The normalized spacial score (nSPS) is 27.8. The van der Waals surface area contributed by atoms with Gasteiger partial charge in [0, 0.05) is 12.5 Å². The van der Waals surface area contributed by atoms with Crippen molar-refractivity contribution in [3.05, 3.63) is 0 Å². The van der Waals surface area contributed by atoms with E-state index < -0.39 is 6.04 Å². The van der Waals surface area contributed by atoms with Crippen molar-refractivity contribution in [1.29, 1.82) is 0 Å². The standard InChI is InChI=1S/C12H20N2O/c1-3-4-11(13)12(15)14-10-7-5-9(2)6-8-10/h1,9-11H,4-8,13H2,2H3,(H,14,15). The predicted octanol–water partition coefficient (Wildman–Crippen LogP) is 1.03. The van der Waals surface area contributed by atoms with Gasteiger partial charge in [-0.25, -0.2) is 0 Å². The number of carbonyl (C=O) groups is 1. The largest absolute Gasteiger partial charge is 0.352 e. The van der Waals surface area contributed by atoms with Crippen LogP contribution >= 0.6 is 0 Å². The first kappa shape index (κ1) is 12.1. The van der Waals surface area contributed by atoms with E-state index in [0.717, 1.165) is 18.8 Å². The molecule has 1 amide bonds. The maximum absolute atomic E-state index is 11.6. The molecule has 0 radical (unpaired) electrons. The van der Waals surface area contributed by atoms with Crippen molar-refractivity contribution in [2.24, 2.45) is 11.7 Å². The molecule has 0 saturated heterocycles. The number of hydrogen-bond acceptors (Lipinski definition) is 2. The molecule has 1 aliphatic carbocycles.